The Morgan fingerprint density at radius 1 is 1.14 bits per heavy atom. The van der Waals surface area contributed by atoms with E-state index in [-0.39, 0.29) is 11.7 Å². The summed E-state index contributed by atoms with van der Waals surface area (Å²) >= 11 is 0. The molecule has 0 saturated carbocycles. The van der Waals surface area contributed by atoms with Gasteiger partial charge in [0, 0.05) is 5.69 Å². The highest BCUT2D eigenvalue weighted by Crippen LogP contribution is 2.15. The number of carbonyl (C=O) groups excluding carboxylic acids is 1. The topological polar surface area (TPSA) is 38.3 Å². The van der Waals surface area contributed by atoms with Crippen molar-refractivity contribution in [2.45, 2.75) is 26.4 Å². The molecule has 21 heavy (non-hydrogen) atoms. The van der Waals surface area contributed by atoms with Gasteiger partial charge in [-0.3, -0.25) is 4.79 Å². The summed E-state index contributed by atoms with van der Waals surface area (Å²) in [4.78, 5) is 12.0. The zero-order valence-electron chi connectivity index (χ0n) is 12.1. The molecule has 2 rings (SSSR count). The van der Waals surface area contributed by atoms with Gasteiger partial charge in [0.15, 0.2) is 6.10 Å². The predicted octanol–water partition coefficient (Wildman–Crippen LogP) is 3.79. The summed E-state index contributed by atoms with van der Waals surface area (Å²) in [5.74, 6) is -0.126. The first-order valence-corrected chi connectivity index (χ1v) is 6.90. The molecule has 0 aliphatic heterocycles. The maximum absolute atomic E-state index is 12.8. The van der Waals surface area contributed by atoms with Crippen LogP contribution in [0, 0.1) is 5.82 Å². The molecule has 4 heteroatoms. The Labute approximate surface area is 123 Å². The fourth-order valence-corrected chi connectivity index (χ4v) is 1.84. The number of ether oxygens (including phenoxy) is 1. The van der Waals surface area contributed by atoms with Crippen molar-refractivity contribution in [2.24, 2.45) is 0 Å². The number of benzene rings is 2. The first kappa shape index (κ1) is 15.0. The predicted molar refractivity (Wildman–Crippen MR) is 80.9 cm³/mol. The van der Waals surface area contributed by atoms with Crippen LogP contribution >= 0.6 is 0 Å². The molecule has 0 bridgehead atoms. The van der Waals surface area contributed by atoms with Crippen LogP contribution in [0.4, 0.5) is 10.1 Å². The summed E-state index contributed by atoms with van der Waals surface area (Å²) in [6, 6.07) is 13.3. The Kier molecular flexibility index (Phi) is 4.93. The summed E-state index contributed by atoms with van der Waals surface area (Å²) < 4.78 is 18.3. The molecule has 0 aromatic heterocycles. The summed E-state index contributed by atoms with van der Waals surface area (Å²) in [5, 5.41) is 2.79. The van der Waals surface area contributed by atoms with Gasteiger partial charge in [-0.05, 0) is 55.3 Å². The van der Waals surface area contributed by atoms with E-state index in [4.69, 9.17) is 4.74 Å². The molecule has 2 aromatic rings. The van der Waals surface area contributed by atoms with Gasteiger partial charge < -0.3 is 10.1 Å². The summed E-state index contributed by atoms with van der Waals surface area (Å²) in [5.41, 5.74) is 1.94. The lowest BCUT2D eigenvalue weighted by Gasteiger charge is -2.14. The van der Waals surface area contributed by atoms with Crippen LogP contribution in [0.1, 0.15) is 19.4 Å². The van der Waals surface area contributed by atoms with Crippen molar-refractivity contribution in [1.29, 1.82) is 0 Å². The van der Waals surface area contributed by atoms with Crippen LogP contribution in [0.25, 0.3) is 0 Å². The summed E-state index contributed by atoms with van der Waals surface area (Å²) in [6.07, 6.45) is 0.291. The molecule has 3 nitrogen and oxygen atoms in total. The molecule has 0 aliphatic carbocycles. The fourth-order valence-electron chi connectivity index (χ4n) is 1.84. The molecule has 0 aliphatic rings. The van der Waals surface area contributed by atoms with E-state index < -0.39 is 6.10 Å². The molecule has 1 unspecified atom stereocenters. The molecule has 1 amide bonds. The molecule has 1 atom stereocenters. The number of hydrogen-bond acceptors (Lipinski definition) is 2. The number of nitrogens with one attached hydrogen (secondary N) is 1. The van der Waals surface area contributed by atoms with Gasteiger partial charge in [0.05, 0.1) is 0 Å². The lowest BCUT2D eigenvalue weighted by Crippen LogP contribution is -2.30. The molecule has 0 radical (unpaired) electrons. The average molecular weight is 287 g/mol. The molecular weight excluding hydrogens is 269 g/mol. The molecular formula is C17H18FNO2. The van der Waals surface area contributed by atoms with Crippen molar-refractivity contribution < 1.29 is 13.9 Å². The van der Waals surface area contributed by atoms with Gasteiger partial charge in [-0.25, -0.2) is 4.39 Å². The highest BCUT2D eigenvalue weighted by atomic mass is 19.1. The molecule has 0 fully saturated rings. The monoisotopic (exact) mass is 287 g/mol. The average Bonchev–Trinajstić information content (AvgIpc) is 2.50. The van der Waals surface area contributed by atoms with Crippen LogP contribution in [-0.4, -0.2) is 12.0 Å². The molecule has 2 aromatic carbocycles. The number of hydrogen-bond donors (Lipinski definition) is 1. The lowest BCUT2D eigenvalue weighted by molar-refractivity contribution is -0.122. The normalized spacial score (nSPS) is 11.8. The zero-order chi connectivity index (χ0) is 15.2. The minimum Gasteiger partial charge on any atom is -0.481 e. The maximum atomic E-state index is 12.8. The van der Waals surface area contributed by atoms with E-state index in [2.05, 4.69) is 12.2 Å². The Bertz CT molecular complexity index is 593. The second-order valence-electron chi connectivity index (χ2n) is 4.75. The van der Waals surface area contributed by atoms with Gasteiger partial charge in [-0.1, -0.05) is 19.1 Å². The van der Waals surface area contributed by atoms with Crippen molar-refractivity contribution >= 4 is 11.6 Å². The van der Waals surface area contributed by atoms with E-state index in [0.29, 0.717) is 5.75 Å². The van der Waals surface area contributed by atoms with Gasteiger partial charge in [-0.2, -0.15) is 0 Å². The first-order valence-electron chi connectivity index (χ1n) is 6.90. The Morgan fingerprint density at radius 3 is 2.33 bits per heavy atom. The van der Waals surface area contributed by atoms with Crippen molar-refractivity contribution in [3.8, 4) is 5.75 Å². The van der Waals surface area contributed by atoms with Gasteiger partial charge in [-0.15, -0.1) is 0 Å². The molecule has 1 N–H and O–H groups in total. The second kappa shape index (κ2) is 6.88. The first-order chi connectivity index (χ1) is 10.1. The third-order valence-corrected chi connectivity index (χ3v) is 3.13. The van der Waals surface area contributed by atoms with Crippen LogP contribution in [0.2, 0.25) is 0 Å². The van der Waals surface area contributed by atoms with Gasteiger partial charge in [0.1, 0.15) is 11.6 Å². The second-order valence-corrected chi connectivity index (χ2v) is 4.75. The van der Waals surface area contributed by atoms with Crippen LogP contribution in [0.15, 0.2) is 48.5 Å². The number of aryl methyl sites for hydroxylation is 1. The number of amides is 1. The largest absolute Gasteiger partial charge is 0.481 e. The van der Waals surface area contributed by atoms with Crippen molar-refractivity contribution in [3.05, 3.63) is 59.9 Å². The smallest absolute Gasteiger partial charge is 0.265 e. The van der Waals surface area contributed by atoms with E-state index in [0.717, 1.165) is 12.1 Å². The van der Waals surface area contributed by atoms with Crippen LogP contribution < -0.4 is 10.1 Å². The highest BCUT2D eigenvalue weighted by Gasteiger charge is 2.14. The number of anilines is 1. The van der Waals surface area contributed by atoms with E-state index in [1.165, 1.54) is 29.8 Å². The standard InChI is InChI=1S/C17H18FNO2/c1-3-13-4-8-15(9-5-13)19-17(20)12(2)21-16-10-6-14(18)7-11-16/h4-12H,3H2,1-2H3,(H,19,20). The molecule has 0 saturated heterocycles. The number of rotatable bonds is 5. The molecule has 0 heterocycles. The number of halogens is 1. The van der Waals surface area contributed by atoms with Gasteiger partial charge in [0.25, 0.3) is 5.91 Å². The molecule has 110 valence electrons. The van der Waals surface area contributed by atoms with Crippen molar-refractivity contribution in [2.75, 3.05) is 5.32 Å². The quantitative estimate of drug-likeness (QED) is 0.908. The van der Waals surface area contributed by atoms with Gasteiger partial charge >= 0.3 is 0 Å². The summed E-state index contributed by atoms with van der Waals surface area (Å²) in [6.45, 7) is 3.73. The third-order valence-electron chi connectivity index (χ3n) is 3.13. The summed E-state index contributed by atoms with van der Waals surface area (Å²) in [7, 11) is 0. The van der Waals surface area contributed by atoms with Gasteiger partial charge in [0.2, 0.25) is 0 Å². The third kappa shape index (κ3) is 4.31. The van der Waals surface area contributed by atoms with E-state index >= 15 is 0 Å². The lowest BCUT2D eigenvalue weighted by atomic mass is 10.1. The zero-order valence-corrected chi connectivity index (χ0v) is 12.1. The Balaban J connectivity index is 1.93. The SMILES string of the molecule is CCc1ccc(NC(=O)C(C)Oc2ccc(F)cc2)cc1. The number of carbonyl (C=O) groups is 1. The van der Waals surface area contributed by atoms with E-state index in [1.54, 1.807) is 6.92 Å². The van der Waals surface area contributed by atoms with E-state index in [9.17, 15) is 9.18 Å². The van der Waals surface area contributed by atoms with Crippen molar-refractivity contribution in [3.63, 3.8) is 0 Å². The van der Waals surface area contributed by atoms with E-state index in [1.807, 2.05) is 24.3 Å². The minimum absolute atomic E-state index is 0.247. The van der Waals surface area contributed by atoms with Crippen LogP contribution in [0.5, 0.6) is 5.75 Å². The molecule has 0 spiro atoms. The fraction of sp³-hybridized carbons (Fsp3) is 0.235. The Hall–Kier alpha value is -2.36. The van der Waals surface area contributed by atoms with Crippen molar-refractivity contribution in [1.82, 2.24) is 0 Å². The highest BCUT2D eigenvalue weighted by molar-refractivity contribution is 5.94. The Morgan fingerprint density at radius 2 is 1.76 bits per heavy atom. The van der Waals surface area contributed by atoms with Crippen LogP contribution in [-0.2, 0) is 11.2 Å². The van der Waals surface area contributed by atoms with Crippen LogP contribution in [0.3, 0.4) is 0 Å². The minimum atomic E-state index is -0.665. The maximum Gasteiger partial charge on any atom is 0.265 e.